The van der Waals surface area contributed by atoms with Crippen LogP contribution >= 0.6 is 54.8 Å². The van der Waals surface area contributed by atoms with Crippen molar-refractivity contribution in [2.45, 2.75) is 6.54 Å². The second-order valence-corrected chi connectivity index (χ2v) is 6.76. The van der Waals surface area contributed by atoms with E-state index in [9.17, 15) is 0 Å². The van der Waals surface area contributed by atoms with E-state index < -0.39 is 0 Å². The molecular weight excluding hydrogens is 401 g/mol. The Morgan fingerprint density at radius 1 is 1.33 bits per heavy atom. The molecule has 2 nitrogen and oxygen atoms in total. The molecule has 0 aliphatic rings. The van der Waals surface area contributed by atoms with Crippen LogP contribution in [0.3, 0.4) is 0 Å². The molecule has 2 aromatic rings. The molecule has 0 aliphatic heterocycles. The van der Waals surface area contributed by atoms with Crippen molar-refractivity contribution in [3.63, 3.8) is 0 Å². The summed E-state index contributed by atoms with van der Waals surface area (Å²) in [7, 11) is 1.64. The van der Waals surface area contributed by atoms with Crippen molar-refractivity contribution in [1.29, 1.82) is 0 Å². The zero-order valence-electron chi connectivity index (χ0n) is 9.47. The first kappa shape index (κ1) is 14.2. The lowest BCUT2D eigenvalue weighted by atomic mass is 10.3. The number of anilines is 1. The van der Waals surface area contributed by atoms with Gasteiger partial charge in [0.1, 0.15) is 0 Å². The summed E-state index contributed by atoms with van der Waals surface area (Å²) in [5.74, 6) is 0.759. The molecule has 0 radical (unpaired) electrons. The molecule has 0 saturated heterocycles. The summed E-state index contributed by atoms with van der Waals surface area (Å²) in [6.45, 7) is 0.736. The third-order valence-corrected chi connectivity index (χ3v) is 4.79. The zero-order chi connectivity index (χ0) is 13.1. The third-order valence-electron chi connectivity index (χ3n) is 2.29. The van der Waals surface area contributed by atoms with Crippen LogP contribution in [0.4, 0.5) is 5.69 Å². The molecule has 0 bridgehead atoms. The molecule has 2 rings (SSSR count). The van der Waals surface area contributed by atoms with E-state index in [4.69, 9.17) is 16.3 Å². The SMILES string of the molecule is COc1c(Br)cc(Cl)cc1NCc1cc(Br)cs1. The Morgan fingerprint density at radius 2 is 2.11 bits per heavy atom. The van der Waals surface area contributed by atoms with Gasteiger partial charge in [-0.25, -0.2) is 0 Å². The molecule has 6 heteroatoms. The first-order chi connectivity index (χ1) is 8.60. The average Bonchev–Trinajstić information content (AvgIpc) is 2.72. The molecule has 18 heavy (non-hydrogen) atoms. The third kappa shape index (κ3) is 3.41. The Bertz CT molecular complexity index is 559. The van der Waals surface area contributed by atoms with E-state index in [0.717, 1.165) is 26.9 Å². The fourth-order valence-corrected chi connectivity index (χ4v) is 3.89. The smallest absolute Gasteiger partial charge is 0.156 e. The van der Waals surface area contributed by atoms with Gasteiger partial charge in [-0.05, 0) is 50.1 Å². The number of hydrogen-bond acceptors (Lipinski definition) is 3. The number of rotatable bonds is 4. The lowest BCUT2D eigenvalue weighted by Gasteiger charge is -2.12. The molecule has 0 fully saturated rings. The van der Waals surface area contributed by atoms with Crippen molar-refractivity contribution in [1.82, 2.24) is 0 Å². The molecule has 0 saturated carbocycles. The van der Waals surface area contributed by atoms with Crippen molar-refractivity contribution >= 4 is 60.5 Å². The molecule has 0 amide bonds. The van der Waals surface area contributed by atoms with Gasteiger partial charge in [-0.3, -0.25) is 0 Å². The fourth-order valence-electron chi connectivity index (χ4n) is 1.53. The summed E-state index contributed by atoms with van der Waals surface area (Å²) < 4.78 is 7.29. The summed E-state index contributed by atoms with van der Waals surface area (Å²) in [6.07, 6.45) is 0. The average molecular weight is 412 g/mol. The second-order valence-electron chi connectivity index (χ2n) is 3.55. The van der Waals surface area contributed by atoms with Gasteiger partial charge in [-0.2, -0.15) is 0 Å². The summed E-state index contributed by atoms with van der Waals surface area (Å²) in [5, 5.41) is 6.05. The van der Waals surface area contributed by atoms with Gasteiger partial charge in [-0.1, -0.05) is 11.6 Å². The van der Waals surface area contributed by atoms with Gasteiger partial charge in [0.05, 0.1) is 17.3 Å². The van der Waals surface area contributed by atoms with E-state index in [1.807, 2.05) is 12.1 Å². The quantitative estimate of drug-likeness (QED) is 0.712. The van der Waals surface area contributed by atoms with Crippen LogP contribution in [-0.4, -0.2) is 7.11 Å². The van der Waals surface area contributed by atoms with Gasteiger partial charge in [0.2, 0.25) is 0 Å². The van der Waals surface area contributed by atoms with Gasteiger partial charge in [0.15, 0.2) is 5.75 Å². The van der Waals surface area contributed by atoms with Crippen LogP contribution in [0, 0.1) is 0 Å². The maximum absolute atomic E-state index is 6.03. The van der Waals surface area contributed by atoms with E-state index in [-0.39, 0.29) is 0 Å². The van der Waals surface area contributed by atoms with Crippen LogP contribution in [0.1, 0.15) is 4.88 Å². The Labute approximate surface area is 132 Å². The van der Waals surface area contributed by atoms with E-state index in [1.54, 1.807) is 18.4 Å². The predicted octanol–water partition coefficient (Wildman–Crippen LogP) is 5.55. The van der Waals surface area contributed by atoms with Crippen molar-refractivity contribution in [3.8, 4) is 5.75 Å². The van der Waals surface area contributed by atoms with Crippen molar-refractivity contribution in [2.24, 2.45) is 0 Å². The van der Waals surface area contributed by atoms with Crippen LogP contribution in [0.2, 0.25) is 5.02 Å². The molecule has 0 atom stereocenters. The Hall–Kier alpha value is -0.230. The Balaban J connectivity index is 2.18. The summed E-state index contributed by atoms with van der Waals surface area (Å²) in [4.78, 5) is 1.24. The van der Waals surface area contributed by atoms with Crippen molar-refractivity contribution < 1.29 is 4.74 Å². The number of methoxy groups -OCH3 is 1. The minimum absolute atomic E-state index is 0.664. The Morgan fingerprint density at radius 3 is 2.72 bits per heavy atom. The Kier molecular flexibility index (Phi) is 4.95. The lowest BCUT2D eigenvalue weighted by molar-refractivity contribution is 0.414. The molecule has 1 N–H and O–H groups in total. The normalized spacial score (nSPS) is 10.4. The number of halogens is 3. The highest BCUT2D eigenvalue weighted by Crippen LogP contribution is 2.36. The largest absolute Gasteiger partial charge is 0.493 e. The lowest BCUT2D eigenvalue weighted by Crippen LogP contribution is -2.00. The number of ether oxygens (including phenoxy) is 1. The highest BCUT2D eigenvalue weighted by Gasteiger charge is 2.09. The van der Waals surface area contributed by atoms with E-state index in [1.165, 1.54) is 4.88 Å². The van der Waals surface area contributed by atoms with Crippen LogP contribution in [-0.2, 0) is 6.54 Å². The monoisotopic (exact) mass is 409 g/mol. The van der Waals surface area contributed by atoms with Gasteiger partial charge in [-0.15, -0.1) is 11.3 Å². The van der Waals surface area contributed by atoms with Crippen LogP contribution in [0.25, 0.3) is 0 Å². The van der Waals surface area contributed by atoms with Crippen molar-refractivity contribution in [2.75, 3.05) is 12.4 Å². The molecule has 0 aliphatic carbocycles. The van der Waals surface area contributed by atoms with Gasteiger partial charge >= 0.3 is 0 Å². The molecule has 0 unspecified atom stereocenters. The van der Waals surface area contributed by atoms with Gasteiger partial charge in [0.25, 0.3) is 0 Å². The van der Waals surface area contributed by atoms with Crippen LogP contribution in [0.5, 0.6) is 5.75 Å². The molecule has 1 aromatic carbocycles. The van der Waals surface area contributed by atoms with E-state index in [2.05, 4.69) is 48.6 Å². The second kappa shape index (κ2) is 6.28. The fraction of sp³-hybridized carbons (Fsp3) is 0.167. The topological polar surface area (TPSA) is 21.3 Å². The molecule has 0 spiro atoms. The number of benzene rings is 1. The maximum atomic E-state index is 6.03. The summed E-state index contributed by atoms with van der Waals surface area (Å²) in [6, 6.07) is 5.75. The molecule has 1 heterocycles. The zero-order valence-corrected chi connectivity index (χ0v) is 14.2. The number of hydrogen-bond donors (Lipinski definition) is 1. The molecule has 1 aromatic heterocycles. The molecule has 96 valence electrons. The standard InChI is InChI=1S/C12H10Br2ClNOS/c1-17-12-10(14)3-8(15)4-11(12)16-5-9-2-7(13)6-18-9/h2-4,6,16H,5H2,1H3. The number of nitrogens with one attached hydrogen (secondary N) is 1. The van der Waals surface area contributed by atoms with Crippen LogP contribution in [0.15, 0.2) is 32.5 Å². The molecular formula is C12H10Br2ClNOS. The van der Waals surface area contributed by atoms with Gasteiger partial charge in [0, 0.05) is 26.3 Å². The van der Waals surface area contributed by atoms with Gasteiger partial charge < -0.3 is 10.1 Å². The van der Waals surface area contributed by atoms with E-state index in [0.29, 0.717) is 5.02 Å². The first-order valence-electron chi connectivity index (χ1n) is 5.10. The van der Waals surface area contributed by atoms with Crippen LogP contribution < -0.4 is 10.1 Å². The predicted molar refractivity (Wildman–Crippen MR) is 85.0 cm³/mol. The minimum atomic E-state index is 0.664. The highest BCUT2D eigenvalue weighted by atomic mass is 79.9. The summed E-state index contributed by atoms with van der Waals surface area (Å²) >= 11 is 14.6. The maximum Gasteiger partial charge on any atom is 0.156 e. The van der Waals surface area contributed by atoms with Crippen molar-refractivity contribution in [3.05, 3.63) is 42.4 Å². The van der Waals surface area contributed by atoms with E-state index >= 15 is 0 Å². The first-order valence-corrected chi connectivity index (χ1v) is 7.94. The number of thiophene rings is 1. The highest BCUT2D eigenvalue weighted by molar-refractivity contribution is 9.10. The minimum Gasteiger partial charge on any atom is -0.493 e. The summed E-state index contributed by atoms with van der Waals surface area (Å²) in [5.41, 5.74) is 0.876.